The van der Waals surface area contributed by atoms with Gasteiger partial charge in [0, 0.05) is 6.07 Å². The molecule has 0 bridgehead atoms. The topological polar surface area (TPSA) is 113 Å². The van der Waals surface area contributed by atoms with E-state index in [2.05, 4.69) is 0 Å². The van der Waals surface area contributed by atoms with E-state index in [4.69, 9.17) is 4.74 Å². The van der Waals surface area contributed by atoms with Crippen molar-refractivity contribution in [1.82, 2.24) is 0 Å². The lowest BCUT2D eigenvalue weighted by atomic mass is 10.1. The molecule has 0 N–H and O–H groups in total. The summed E-state index contributed by atoms with van der Waals surface area (Å²) in [5.41, 5.74) is -1.74. The lowest BCUT2D eigenvalue weighted by Crippen LogP contribution is -2.02. The molecule has 0 spiro atoms. The van der Waals surface area contributed by atoms with Crippen molar-refractivity contribution < 1.29 is 19.4 Å². The Morgan fingerprint density at radius 1 is 0.952 bits per heavy atom. The van der Waals surface area contributed by atoms with Crippen molar-refractivity contribution in [3.63, 3.8) is 0 Å². The van der Waals surface area contributed by atoms with Crippen LogP contribution in [0.2, 0.25) is 0 Å². The highest BCUT2D eigenvalue weighted by Crippen LogP contribution is 2.40. The number of rotatable bonds is 5. The normalized spacial score (nSPS) is 9.90. The monoisotopic (exact) mass is 288 g/mol. The van der Waals surface area contributed by atoms with Gasteiger partial charge in [-0.05, 0) is 18.2 Å². The maximum atomic E-state index is 11.1. The molecule has 0 radical (unpaired) electrons. The summed E-state index contributed by atoms with van der Waals surface area (Å²) in [6.07, 6.45) is 0.342. The van der Waals surface area contributed by atoms with Gasteiger partial charge in [-0.25, -0.2) is 0 Å². The van der Waals surface area contributed by atoms with Crippen LogP contribution in [0.5, 0.6) is 11.5 Å². The molecular formula is C13H8N2O6. The molecule has 0 atom stereocenters. The molecule has 0 heterocycles. The average Bonchev–Trinajstić information content (AvgIpc) is 2.47. The predicted octanol–water partition coefficient (Wildman–Crippen LogP) is 3.11. The maximum absolute atomic E-state index is 11.1. The van der Waals surface area contributed by atoms with Crippen LogP contribution in [0.4, 0.5) is 11.4 Å². The van der Waals surface area contributed by atoms with E-state index in [0.717, 1.165) is 12.1 Å². The zero-order valence-electron chi connectivity index (χ0n) is 10.5. The summed E-state index contributed by atoms with van der Waals surface area (Å²) >= 11 is 0. The van der Waals surface area contributed by atoms with Crippen molar-refractivity contribution in [1.29, 1.82) is 0 Å². The Morgan fingerprint density at radius 3 is 2.14 bits per heavy atom. The number of benzene rings is 2. The van der Waals surface area contributed by atoms with Crippen LogP contribution in [0.25, 0.3) is 0 Å². The summed E-state index contributed by atoms with van der Waals surface area (Å²) in [4.78, 5) is 31.2. The Hall–Kier alpha value is -3.29. The minimum absolute atomic E-state index is 0.142. The Kier molecular flexibility index (Phi) is 3.89. The quantitative estimate of drug-likeness (QED) is 0.474. The van der Waals surface area contributed by atoms with E-state index < -0.39 is 27.0 Å². The fourth-order valence-corrected chi connectivity index (χ4v) is 1.71. The molecule has 0 amide bonds. The highest BCUT2D eigenvalue weighted by molar-refractivity contribution is 5.85. The molecule has 8 heteroatoms. The van der Waals surface area contributed by atoms with E-state index in [1.807, 2.05) is 0 Å². The Morgan fingerprint density at radius 2 is 1.62 bits per heavy atom. The van der Waals surface area contributed by atoms with E-state index >= 15 is 0 Å². The third-order valence-corrected chi connectivity index (χ3v) is 2.61. The van der Waals surface area contributed by atoms with Gasteiger partial charge in [0.05, 0.1) is 15.4 Å². The number of carbonyl (C=O) groups is 1. The van der Waals surface area contributed by atoms with Gasteiger partial charge in [-0.3, -0.25) is 25.0 Å². The minimum Gasteiger partial charge on any atom is -0.449 e. The van der Waals surface area contributed by atoms with Crippen LogP contribution in [0.15, 0.2) is 42.5 Å². The zero-order valence-corrected chi connectivity index (χ0v) is 10.5. The largest absolute Gasteiger partial charge is 0.449 e. The fourth-order valence-electron chi connectivity index (χ4n) is 1.71. The molecule has 0 aliphatic rings. The van der Waals surface area contributed by atoms with Crippen LogP contribution in [0.3, 0.4) is 0 Å². The van der Waals surface area contributed by atoms with Gasteiger partial charge in [-0.15, -0.1) is 0 Å². The Bertz CT molecular complexity index is 714. The second-order valence-electron chi connectivity index (χ2n) is 3.90. The Balaban J connectivity index is 2.65. The van der Waals surface area contributed by atoms with Crippen LogP contribution < -0.4 is 4.74 Å². The second kappa shape index (κ2) is 5.78. The molecule has 0 unspecified atom stereocenters. The molecule has 2 aromatic carbocycles. The van der Waals surface area contributed by atoms with E-state index in [9.17, 15) is 25.0 Å². The number of aldehydes is 1. The van der Waals surface area contributed by atoms with Gasteiger partial charge in [-0.2, -0.15) is 0 Å². The average molecular weight is 288 g/mol. The molecule has 0 aliphatic heterocycles. The Labute approximate surface area is 117 Å². The standard InChI is InChI=1S/C13H8N2O6/c16-8-9-6-7-11(14(17)18)12(15(19)20)13(9)21-10-4-2-1-3-5-10/h1-8H. The van der Waals surface area contributed by atoms with Crippen LogP contribution in [-0.2, 0) is 0 Å². The number of para-hydroxylation sites is 1. The first-order valence-electron chi connectivity index (χ1n) is 5.68. The molecule has 2 aromatic rings. The number of nitro benzene ring substituents is 2. The predicted molar refractivity (Wildman–Crippen MR) is 71.7 cm³/mol. The van der Waals surface area contributed by atoms with Gasteiger partial charge in [-0.1, -0.05) is 18.2 Å². The molecule has 0 saturated heterocycles. The van der Waals surface area contributed by atoms with Gasteiger partial charge in [0.15, 0.2) is 6.29 Å². The van der Waals surface area contributed by atoms with E-state index in [0.29, 0.717) is 6.29 Å². The van der Waals surface area contributed by atoms with E-state index in [-0.39, 0.29) is 11.3 Å². The van der Waals surface area contributed by atoms with Gasteiger partial charge in [0.1, 0.15) is 5.75 Å². The fraction of sp³-hybridized carbons (Fsp3) is 0. The summed E-state index contributed by atoms with van der Waals surface area (Å²) in [6, 6.07) is 9.98. The maximum Gasteiger partial charge on any atom is 0.388 e. The number of ether oxygens (including phenoxy) is 1. The van der Waals surface area contributed by atoms with Crippen molar-refractivity contribution in [2.45, 2.75) is 0 Å². The van der Waals surface area contributed by atoms with Crippen molar-refractivity contribution in [2.24, 2.45) is 0 Å². The van der Waals surface area contributed by atoms with Crippen molar-refractivity contribution in [3.8, 4) is 11.5 Å². The summed E-state index contributed by atoms with van der Waals surface area (Å²) < 4.78 is 5.31. The number of hydrogen-bond acceptors (Lipinski definition) is 6. The SMILES string of the molecule is O=Cc1ccc([N+](=O)[O-])c([N+](=O)[O-])c1Oc1ccccc1. The lowest BCUT2D eigenvalue weighted by molar-refractivity contribution is -0.423. The van der Waals surface area contributed by atoms with Crippen LogP contribution in [0.1, 0.15) is 10.4 Å². The van der Waals surface area contributed by atoms with E-state index in [1.165, 1.54) is 12.1 Å². The molecule has 106 valence electrons. The highest BCUT2D eigenvalue weighted by atomic mass is 16.6. The molecule has 8 nitrogen and oxygen atoms in total. The molecular weight excluding hydrogens is 280 g/mol. The van der Waals surface area contributed by atoms with Gasteiger partial charge in [0.25, 0.3) is 0 Å². The third-order valence-electron chi connectivity index (χ3n) is 2.61. The van der Waals surface area contributed by atoms with Crippen molar-refractivity contribution >= 4 is 17.7 Å². The summed E-state index contributed by atoms with van der Waals surface area (Å²) in [5, 5.41) is 22.0. The molecule has 0 saturated carbocycles. The summed E-state index contributed by atoms with van der Waals surface area (Å²) in [6.45, 7) is 0. The third kappa shape index (κ3) is 2.84. The van der Waals surface area contributed by atoms with Crippen LogP contribution >= 0.6 is 0 Å². The number of hydrogen-bond donors (Lipinski definition) is 0. The van der Waals surface area contributed by atoms with Crippen molar-refractivity contribution in [3.05, 3.63) is 68.3 Å². The number of carbonyl (C=O) groups excluding carboxylic acids is 1. The summed E-state index contributed by atoms with van der Waals surface area (Å²) in [5.74, 6) is -0.223. The molecule has 0 aliphatic carbocycles. The molecule has 0 fully saturated rings. The van der Waals surface area contributed by atoms with Crippen molar-refractivity contribution in [2.75, 3.05) is 0 Å². The summed E-state index contributed by atoms with van der Waals surface area (Å²) in [7, 11) is 0. The number of nitro groups is 2. The lowest BCUT2D eigenvalue weighted by Gasteiger charge is -2.08. The van der Waals surface area contributed by atoms with Gasteiger partial charge >= 0.3 is 11.4 Å². The smallest absolute Gasteiger partial charge is 0.388 e. The number of nitrogens with zero attached hydrogens (tertiary/aromatic N) is 2. The molecule has 0 aromatic heterocycles. The second-order valence-corrected chi connectivity index (χ2v) is 3.90. The molecule has 2 rings (SSSR count). The zero-order chi connectivity index (χ0) is 15.4. The first kappa shape index (κ1) is 14.1. The van der Waals surface area contributed by atoms with Gasteiger partial charge in [0.2, 0.25) is 5.75 Å². The minimum atomic E-state index is -0.941. The van der Waals surface area contributed by atoms with E-state index in [1.54, 1.807) is 18.2 Å². The first-order valence-corrected chi connectivity index (χ1v) is 5.68. The van der Waals surface area contributed by atoms with Gasteiger partial charge < -0.3 is 4.74 Å². The first-order chi connectivity index (χ1) is 10.0. The van der Waals surface area contributed by atoms with Crippen LogP contribution in [0, 0.1) is 20.2 Å². The highest BCUT2D eigenvalue weighted by Gasteiger charge is 2.32. The van der Waals surface area contributed by atoms with Crippen LogP contribution in [-0.4, -0.2) is 16.1 Å². The molecule has 21 heavy (non-hydrogen) atoms.